The molecule has 27 heavy (non-hydrogen) atoms. The van der Waals surface area contributed by atoms with Crippen molar-refractivity contribution >= 4 is 23.8 Å². The van der Waals surface area contributed by atoms with Gasteiger partial charge >= 0.3 is 11.9 Å². The third-order valence-electron chi connectivity index (χ3n) is 2.91. The van der Waals surface area contributed by atoms with Crippen molar-refractivity contribution in [3.63, 3.8) is 0 Å². The van der Waals surface area contributed by atoms with Crippen LogP contribution in [0.2, 0.25) is 0 Å². The number of carboxylic acids is 3. The molecule has 0 bridgehead atoms. The molecule has 1 aromatic carbocycles. The molecule has 0 unspecified atom stereocenters. The third kappa shape index (κ3) is 17.7. The van der Waals surface area contributed by atoms with Crippen LogP contribution in [0.3, 0.4) is 0 Å². The van der Waals surface area contributed by atoms with E-state index >= 15 is 0 Å². The van der Waals surface area contributed by atoms with E-state index < -0.39 is 17.9 Å². The smallest absolute Gasteiger partial charge is 0.335 e. The number of carbonyl (C=O) groups is 4. The molecule has 0 saturated carbocycles. The molecule has 152 valence electrons. The number of carboxylic acid groups (broad SMARTS) is 3. The van der Waals surface area contributed by atoms with Gasteiger partial charge in [0.15, 0.2) is 0 Å². The van der Waals surface area contributed by atoms with Gasteiger partial charge in [0, 0.05) is 26.4 Å². The van der Waals surface area contributed by atoms with Crippen LogP contribution in [0.15, 0.2) is 30.3 Å². The summed E-state index contributed by atoms with van der Waals surface area (Å²) in [4.78, 5) is 42.7. The average molecular weight is 383 g/mol. The predicted molar refractivity (Wildman–Crippen MR) is 101 cm³/mol. The Hall–Kier alpha value is -2.90. The zero-order valence-electron chi connectivity index (χ0n) is 16.1. The van der Waals surface area contributed by atoms with E-state index in [4.69, 9.17) is 20.1 Å². The van der Waals surface area contributed by atoms with Crippen molar-refractivity contribution < 1.29 is 34.5 Å². The molecule has 0 aliphatic carbocycles. The van der Waals surface area contributed by atoms with E-state index in [0.717, 1.165) is 32.9 Å². The van der Waals surface area contributed by atoms with Gasteiger partial charge in [-0.1, -0.05) is 32.0 Å². The van der Waals surface area contributed by atoms with Gasteiger partial charge in [0.25, 0.3) is 5.97 Å². The van der Waals surface area contributed by atoms with Crippen LogP contribution >= 0.6 is 0 Å². The molecule has 0 spiro atoms. The first-order valence-corrected chi connectivity index (χ1v) is 8.63. The SMILES string of the molecule is CC(=O)O.CCCN(CCC)C(=O)CCC(=O)O.O=C(O)c1ccccc1. The maximum absolute atomic E-state index is 11.5. The van der Waals surface area contributed by atoms with Gasteiger partial charge in [-0.25, -0.2) is 4.79 Å². The van der Waals surface area contributed by atoms with Crippen molar-refractivity contribution in [3.8, 4) is 0 Å². The summed E-state index contributed by atoms with van der Waals surface area (Å²) in [6.45, 7) is 6.55. The molecule has 8 nitrogen and oxygen atoms in total. The van der Waals surface area contributed by atoms with E-state index in [2.05, 4.69) is 0 Å². The van der Waals surface area contributed by atoms with Gasteiger partial charge < -0.3 is 20.2 Å². The van der Waals surface area contributed by atoms with E-state index in [1.807, 2.05) is 13.8 Å². The standard InChI is InChI=1S/C10H19NO3.C7H6O2.C2H4O2/c1-3-7-11(8-4-2)9(12)5-6-10(13)14;8-7(9)6-4-2-1-3-5-6;1-2(3)4/h3-8H2,1-2H3,(H,13,14);1-5H,(H,8,9);1H3,(H,3,4). The Morgan fingerprint density at radius 3 is 1.59 bits per heavy atom. The van der Waals surface area contributed by atoms with Gasteiger partial charge in [0.05, 0.1) is 12.0 Å². The van der Waals surface area contributed by atoms with E-state index in [-0.39, 0.29) is 18.7 Å². The molecule has 1 amide bonds. The zero-order valence-corrected chi connectivity index (χ0v) is 16.1. The first-order valence-electron chi connectivity index (χ1n) is 8.63. The lowest BCUT2D eigenvalue weighted by Crippen LogP contribution is -2.32. The fraction of sp³-hybridized carbons (Fsp3) is 0.474. The Morgan fingerprint density at radius 1 is 0.852 bits per heavy atom. The van der Waals surface area contributed by atoms with Gasteiger partial charge in [0.2, 0.25) is 5.91 Å². The lowest BCUT2D eigenvalue weighted by atomic mass is 10.2. The minimum atomic E-state index is -0.911. The lowest BCUT2D eigenvalue weighted by molar-refractivity contribution is -0.141. The number of aliphatic carboxylic acids is 2. The summed E-state index contributed by atoms with van der Waals surface area (Å²) in [6.07, 6.45) is 1.88. The van der Waals surface area contributed by atoms with Crippen LogP contribution in [0.4, 0.5) is 0 Å². The number of hydrogen-bond donors (Lipinski definition) is 3. The monoisotopic (exact) mass is 383 g/mol. The maximum Gasteiger partial charge on any atom is 0.335 e. The molecule has 3 N–H and O–H groups in total. The first-order chi connectivity index (χ1) is 12.6. The Kier molecular flexibility index (Phi) is 16.2. The summed E-state index contributed by atoms with van der Waals surface area (Å²) in [5.41, 5.74) is 0.331. The van der Waals surface area contributed by atoms with Crippen molar-refractivity contribution in [2.24, 2.45) is 0 Å². The topological polar surface area (TPSA) is 132 Å². The molecule has 8 heteroatoms. The minimum absolute atomic E-state index is 0.0453. The van der Waals surface area contributed by atoms with Crippen LogP contribution in [-0.4, -0.2) is 57.1 Å². The lowest BCUT2D eigenvalue weighted by Gasteiger charge is -2.20. The van der Waals surface area contributed by atoms with Gasteiger partial charge in [-0.15, -0.1) is 0 Å². The second-order valence-electron chi connectivity index (χ2n) is 5.46. The number of benzene rings is 1. The molecule has 0 aliphatic heterocycles. The van der Waals surface area contributed by atoms with Gasteiger partial charge in [-0.2, -0.15) is 0 Å². The molecule has 0 saturated heterocycles. The normalized spacial score (nSPS) is 9.00. The van der Waals surface area contributed by atoms with Crippen LogP contribution in [0.1, 0.15) is 56.8 Å². The Labute approximate surface area is 159 Å². The van der Waals surface area contributed by atoms with Gasteiger partial charge in [0.1, 0.15) is 0 Å². The maximum atomic E-state index is 11.5. The fourth-order valence-corrected chi connectivity index (χ4v) is 1.85. The average Bonchev–Trinajstić information content (AvgIpc) is 2.60. The Balaban J connectivity index is 0. The number of nitrogens with zero attached hydrogens (tertiary/aromatic N) is 1. The number of hydrogen-bond acceptors (Lipinski definition) is 4. The van der Waals surface area contributed by atoms with Crippen molar-refractivity contribution in [1.82, 2.24) is 4.90 Å². The summed E-state index contributed by atoms with van der Waals surface area (Å²) in [6, 6.07) is 8.30. The summed E-state index contributed by atoms with van der Waals surface area (Å²) in [7, 11) is 0. The summed E-state index contributed by atoms with van der Waals surface area (Å²) in [5.74, 6) is -2.67. The molecule has 1 aromatic rings. The molecule has 0 aromatic heterocycles. The highest BCUT2D eigenvalue weighted by atomic mass is 16.4. The van der Waals surface area contributed by atoms with E-state index in [0.29, 0.717) is 5.56 Å². The summed E-state index contributed by atoms with van der Waals surface area (Å²) in [5, 5.41) is 24.2. The first kappa shape index (κ1) is 26.3. The summed E-state index contributed by atoms with van der Waals surface area (Å²) >= 11 is 0. The quantitative estimate of drug-likeness (QED) is 0.628. The second kappa shape index (κ2) is 16.6. The molecular weight excluding hydrogens is 354 g/mol. The fourth-order valence-electron chi connectivity index (χ4n) is 1.85. The van der Waals surface area contributed by atoms with Crippen molar-refractivity contribution in [1.29, 1.82) is 0 Å². The van der Waals surface area contributed by atoms with Gasteiger partial charge in [-0.05, 0) is 25.0 Å². The van der Waals surface area contributed by atoms with Crippen molar-refractivity contribution in [2.75, 3.05) is 13.1 Å². The van der Waals surface area contributed by atoms with Crippen molar-refractivity contribution in [2.45, 2.75) is 46.5 Å². The third-order valence-corrected chi connectivity index (χ3v) is 2.91. The highest BCUT2D eigenvalue weighted by Gasteiger charge is 2.12. The number of carbonyl (C=O) groups excluding carboxylic acids is 1. The van der Waals surface area contributed by atoms with Crippen LogP contribution in [0.5, 0.6) is 0 Å². The molecule has 0 atom stereocenters. The molecular formula is C19H29NO7. The van der Waals surface area contributed by atoms with Crippen molar-refractivity contribution in [3.05, 3.63) is 35.9 Å². The van der Waals surface area contributed by atoms with E-state index in [1.54, 1.807) is 35.2 Å². The summed E-state index contributed by atoms with van der Waals surface area (Å²) < 4.78 is 0. The Morgan fingerprint density at radius 2 is 1.30 bits per heavy atom. The number of rotatable bonds is 8. The van der Waals surface area contributed by atoms with Crippen LogP contribution in [0.25, 0.3) is 0 Å². The highest BCUT2D eigenvalue weighted by Crippen LogP contribution is 2.01. The number of amides is 1. The van der Waals surface area contributed by atoms with Gasteiger partial charge in [-0.3, -0.25) is 14.4 Å². The highest BCUT2D eigenvalue weighted by molar-refractivity contribution is 5.87. The second-order valence-corrected chi connectivity index (χ2v) is 5.46. The minimum Gasteiger partial charge on any atom is -0.481 e. The van der Waals surface area contributed by atoms with Crippen LogP contribution in [0, 0.1) is 0 Å². The van der Waals surface area contributed by atoms with E-state index in [9.17, 15) is 14.4 Å². The molecule has 0 radical (unpaired) electrons. The zero-order chi connectivity index (χ0) is 21.2. The molecule has 1 rings (SSSR count). The Bertz CT molecular complexity index is 563. The predicted octanol–water partition coefficient (Wildman–Crippen LogP) is 2.98. The van der Waals surface area contributed by atoms with E-state index in [1.165, 1.54) is 0 Å². The molecule has 0 aliphatic rings. The molecule has 0 heterocycles. The van der Waals surface area contributed by atoms with Crippen LogP contribution in [-0.2, 0) is 14.4 Å². The largest absolute Gasteiger partial charge is 0.481 e. The molecule has 0 fully saturated rings. The number of aromatic carboxylic acids is 1. The van der Waals surface area contributed by atoms with Crippen LogP contribution < -0.4 is 0 Å².